The van der Waals surface area contributed by atoms with Crippen LogP contribution in [0.5, 0.6) is 5.75 Å². The van der Waals surface area contributed by atoms with Crippen LogP contribution in [0, 0.1) is 11.6 Å². The number of aromatic nitrogens is 2. The molecule has 3 saturated carbocycles. The Hall–Kier alpha value is -2.97. The molecule has 1 aliphatic heterocycles. The third-order valence-corrected chi connectivity index (χ3v) is 7.30. The molecule has 2 bridgehead atoms. The molecule has 0 radical (unpaired) electrons. The summed E-state index contributed by atoms with van der Waals surface area (Å²) >= 11 is 5.99. The number of halogens is 3. The van der Waals surface area contributed by atoms with Gasteiger partial charge in [0.25, 0.3) is 5.91 Å². The number of aliphatic hydroxyl groups excluding tert-OH is 1. The standard InChI is InChI=1S/C24H20ClF2N3O3/c25-14-2-4-20-15(6-14)19(31)7-21(33-20)22(32)29-23-9-24(10-23,11-23)30-8-18(28-12-30)13-1-3-16(26)17(27)5-13/h1-6,8,12,19,21,31H,7,9-11H2,(H,29,32)/t19-,21-,23?,24?/m0/s1. The summed E-state index contributed by atoms with van der Waals surface area (Å²) in [6, 6.07) is 8.71. The Bertz CT molecular complexity index is 1270. The van der Waals surface area contributed by atoms with Gasteiger partial charge in [0.05, 0.1) is 23.7 Å². The summed E-state index contributed by atoms with van der Waals surface area (Å²) < 4.78 is 34.6. The monoisotopic (exact) mass is 471 g/mol. The molecule has 9 heteroatoms. The first kappa shape index (κ1) is 20.6. The van der Waals surface area contributed by atoms with Crippen molar-refractivity contribution in [2.24, 2.45) is 0 Å². The van der Waals surface area contributed by atoms with E-state index >= 15 is 0 Å². The lowest BCUT2D eigenvalue weighted by atomic mass is 9.44. The number of nitrogens with one attached hydrogen (secondary N) is 1. The second-order valence-corrected chi connectivity index (χ2v) is 9.80. The molecule has 2 heterocycles. The van der Waals surface area contributed by atoms with Gasteiger partial charge < -0.3 is 19.7 Å². The lowest BCUT2D eigenvalue weighted by Crippen LogP contribution is -2.79. The van der Waals surface area contributed by atoms with Crippen molar-refractivity contribution in [3.8, 4) is 17.0 Å². The summed E-state index contributed by atoms with van der Waals surface area (Å²) in [5, 5.41) is 14.0. The number of ether oxygens (including phenoxy) is 1. The van der Waals surface area contributed by atoms with Crippen LogP contribution in [0.2, 0.25) is 5.02 Å². The lowest BCUT2D eigenvalue weighted by molar-refractivity contribution is -0.161. The number of benzene rings is 2. The number of aliphatic hydroxyl groups is 1. The summed E-state index contributed by atoms with van der Waals surface area (Å²) in [6.07, 6.45) is 4.36. The van der Waals surface area contributed by atoms with Gasteiger partial charge in [0.15, 0.2) is 17.7 Å². The number of nitrogens with zero attached hydrogens (tertiary/aromatic N) is 2. The van der Waals surface area contributed by atoms with E-state index < -0.39 is 23.8 Å². The Balaban J connectivity index is 1.11. The van der Waals surface area contributed by atoms with E-state index in [0.29, 0.717) is 27.6 Å². The van der Waals surface area contributed by atoms with Crippen molar-refractivity contribution in [1.82, 2.24) is 14.9 Å². The first-order chi connectivity index (χ1) is 15.8. The van der Waals surface area contributed by atoms with Crippen LogP contribution in [0.1, 0.15) is 37.4 Å². The van der Waals surface area contributed by atoms with Crippen molar-refractivity contribution in [2.75, 3.05) is 0 Å². The molecule has 3 aromatic rings. The maximum Gasteiger partial charge on any atom is 0.261 e. The number of rotatable bonds is 4. The van der Waals surface area contributed by atoms with Crippen molar-refractivity contribution in [3.05, 3.63) is 71.1 Å². The van der Waals surface area contributed by atoms with E-state index in [1.54, 1.807) is 24.5 Å². The van der Waals surface area contributed by atoms with E-state index in [9.17, 15) is 18.7 Å². The molecule has 7 rings (SSSR count). The largest absolute Gasteiger partial charge is 0.480 e. The van der Waals surface area contributed by atoms with Gasteiger partial charge in [-0.2, -0.15) is 0 Å². The van der Waals surface area contributed by atoms with E-state index in [2.05, 4.69) is 10.3 Å². The van der Waals surface area contributed by atoms with Crippen LogP contribution >= 0.6 is 11.6 Å². The molecule has 2 atom stereocenters. The smallest absolute Gasteiger partial charge is 0.261 e. The molecule has 0 saturated heterocycles. The second-order valence-electron chi connectivity index (χ2n) is 9.36. The van der Waals surface area contributed by atoms with E-state index in [-0.39, 0.29) is 23.4 Å². The molecule has 2 aromatic carbocycles. The van der Waals surface area contributed by atoms with Crippen LogP contribution in [0.4, 0.5) is 8.78 Å². The Kier molecular flexibility index (Phi) is 4.38. The molecule has 33 heavy (non-hydrogen) atoms. The Morgan fingerprint density at radius 1 is 1.18 bits per heavy atom. The molecule has 1 amide bonds. The molecule has 0 unspecified atom stereocenters. The van der Waals surface area contributed by atoms with E-state index in [4.69, 9.17) is 16.3 Å². The third kappa shape index (κ3) is 3.23. The van der Waals surface area contributed by atoms with Crippen LogP contribution in [0.15, 0.2) is 48.9 Å². The average Bonchev–Trinajstić information content (AvgIpc) is 3.21. The number of imidazole rings is 1. The maximum absolute atomic E-state index is 13.6. The zero-order valence-corrected chi connectivity index (χ0v) is 18.1. The van der Waals surface area contributed by atoms with Crippen LogP contribution < -0.4 is 10.1 Å². The molecule has 4 aliphatic rings. The zero-order valence-electron chi connectivity index (χ0n) is 17.4. The Morgan fingerprint density at radius 3 is 2.73 bits per heavy atom. The summed E-state index contributed by atoms with van der Waals surface area (Å²) in [5.41, 5.74) is 1.25. The number of amides is 1. The molecule has 3 aliphatic carbocycles. The Morgan fingerprint density at radius 2 is 1.97 bits per heavy atom. The predicted octanol–water partition coefficient (Wildman–Crippen LogP) is 4.11. The van der Waals surface area contributed by atoms with Crippen LogP contribution in [-0.2, 0) is 10.3 Å². The normalized spacial score (nSPS) is 29.3. The first-order valence-electron chi connectivity index (χ1n) is 10.7. The topological polar surface area (TPSA) is 76.4 Å². The van der Waals surface area contributed by atoms with Gasteiger partial charge in [0.1, 0.15) is 5.75 Å². The first-order valence-corrected chi connectivity index (χ1v) is 11.1. The van der Waals surface area contributed by atoms with Gasteiger partial charge in [-0.1, -0.05) is 11.6 Å². The van der Waals surface area contributed by atoms with Crippen molar-refractivity contribution >= 4 is 17.5 Å². The highest BCUT2D eigenvalue weighted by Crippen LogP contribution is 2.65. The molecule has 1 aromatic heterocycles. The minimum atomic E-state index is -0.907. The van der Waals surface area contributed by atoms with Gasteiger partial charge in [0.2, 0.25) is 0 Å². The fraction of sp³-hybridized carbons (Fsp3) is 0.333. The molecule has 2 N–H and O–H groups in total. The minimum Gasteiger partial charge on any atom is -0.480 e. The summed E-state index contributed by atoms with van der Waals surface area (Å²) in [4.78, 5) is 17.2. The molecule has 6 nitrogen and oxygen atoms in total. The van der Waals surface area contributed by atoms with Gasteiger partial charge in [-0.3, -0.25) is 4.79 Å². The van der Waals surface area contributed by atoms with Gasteiger partial charge in [-0.15, -0.1) is 0 Å². The van der Waals surface area contributed by atoms with Gasteiger partial charge in [-0.05, 0) is 55.7 Å². The quantitative estimate of drug-likeness (QED) is 0.600. The Labute approximate surface area is 193 Å². The van der Waals surface area contributed by atoms with Crippen LogP contribution in [0.3, 0.4) is 0 Å². The van der Waals surface area contributed by atoms with Crippen molar-refractivity contribution in [2.45, 2.75) is 49.0 Å². The van der Waals surface area contributed by atoms with Crippen molar-refractivity contribution in [1.29, 1.82) is 0 Å². The fourth-order valence-corrected chi connectivity index (χ4v) is 5.63. The van der Waals surface area contributed by atoms with Crippen molar-refractivity contribution < 1.29 is 23.4 Å². The number of fused-ring (bicyclic) bond motifs is 1. The minimum absolute atomic E-state index is 0.132. The fourth-order valence-electron chi connectivity index (χ4n) is 5.45. The van der Waals surface area contributed by atoms with E-state index in [0.717, 1.165) is 31.4 Å². The number of carbonyl (C=O) groups excluding carboxylic acids is 1. The maximum atomic E-state index is 13.6. The third-order valence-electron chi connectivity index (χ3n) is 7.07. The number of hydrogen-bond acceptors (Lipinski definition) is 4. The van der Waals surface area contributed by atoms with Gasteiger partial charge in [0, 0.05) is 34.3 Å². The predicted molar refractivity (Wildman–Crippen MR) is 116 cm³/mol. The summed E-state index contributed by atoms with van der Waals surface area (Å²) in [5.74, 6) is -1.57. The van der Waals surface area contributed by atoms with Crippen LogP contribution in [0.25, 0.3) is 11.3 Å². The van der Waals surface area contributed by atoms with E-state index in [1.165, 1.54) is 6.07 Å². The second kappa shape index (κ2) is 7.01. The van der Waals surface area contributed by atoms with Gasteiger partial charge >= 0.3 is 0 Å². The molecule has 0 spiro atoms. The van der Waals surface area contributed by atoms with Crippen LogP contribution in [-0.4, -0.2) is 32.2 Å². The highest BCUT2D eigenvalue weighted by atomic mass is 35.5. The van der Waals surface area contributed by atoms with E-state index in [1.807, 2.05) is 10.8 Å². The SMILES string of the molecule is O=C(NC12CC(n3cnc(-c4ccc(F)c(F)c4)c3)(C1)C2)[C@@H]1C[C@H](O)c2cc(Cl)ccc2O1. The molecule has 170 valence electrons. The van der Waals surface area contributed by atoms with Crippen molar-refractivity contribution in [3.63, 3.8) is 0 Å². The molecular weight excluding hydrogens is 452 g/mol. The zero-order chi connectivity index (χ0) is 23.0. The molecule has 3 fully saturated rings. The highest BCUT2D eigenvalue weighted by Gasteiger charge is 2.70. The molecular formula is C24H20ClF2N3O3. The summed E-state index contributed by atoms with van der Waals surface area (Å²) in [7, 11) is 0. The average molecular weight is 472 g/mol. The number of carbonyl (C=O) groups is 1. The highest BCUT2D eigenvalue weighted by molar-refractivity contribution is 6.30. The number of hydrogen-bond donors (Lipinski definition) is 2. The summed E-state index contributed by atoms with van der Waals surface area (Å²) in [6.45, 7) is 0. The van der Waals surface area contributed by atoms with Gasteiger partial charge in [-0.25, -0.2) is 13.8 Å². The lowest BCUT2D eigenvalue weighted by Gasteiger charge is -2.70.